The Labute approximate surface area is 145 Å². The number of nitrogens with one attached hydrogen (secondary N) is 1. The van der Waals surface area contributed by atoms with Crippen LogP contribution in [0.15, 0.2) is 48.5 Å². The van der Waals surface area contributed by atoms with Gasteiger partial charge in [-0.15, -0.1) is 0 Å². The van der Waals surface area contributed by atoms with Crippen molar-refractivity contribution in [3.8, 4) is 0 Å². The number of halogens is 6. The van der Waals surface area contributed by atoms with Crippen LogP contribution in [0.5, 0.6) is 0 Å². The molecule has 1 unspecified atom stereocenters. The lowest BCUT2D eigenvalue weighted by molar-refractivity contribution is -0.143. The Kier molecular flexibility index (Phi) is 5.63. The Hall–Kier alpha value is -2.51. The third-order valence-corrected chi connectivity index (χ3v) is 3.69. The van der Waals surface area contributed by atoms with Gasteiger partial charge in [0.25, 0.3) is 0 Å². The van der Waals surface area contributed by atoms with Crippen molar-refractivity contribution in [2.24, 2.45) is 5.92 Å². The van der Waals surface area contributed by atoms with E-state index in [-0.39, 0.29) is 6.07 Å². The molecule has 8 heteroatoms. The van der Waals surface area contributed by atoms with Gasteiger partial charge in [0.15, 0.2) is 0 Å². The zero-order chi connectivity index (χ0) is 19.5. The summed E-state index contributed by atoms with van der Waals surface area (Å²) in [6.07, 6.45) is -9.62. The Morgan fingerprint density at radius 3 is 1.88 bits per heavy atom. The SMILES string of the molecule is CC(Cc1ccccc1)C(=O)Nc1cc(C(F)(F)F)cc(C(F)(F)F)c1. The highest BCUT2D eigenvalue weighted by Crippen LogP contribution is 2.37. The predicted molar refractivity (Wildman–Crippen MR) is 84.4 cm³/mol. The average Bonchev–Trinajstić information content (AvgIpc) is 2.53. The van der Waals surface area contributed by atoms with E-state index in [0.29, 0.717) is 18.6 Å². The fourth-order valence-corrected chi connectivity index (χ4v) is 2.35. The van der Waals surface area contributed by atoms with E-state index in [0.717, 1.165) is 5.56 Å². The third kappa shape index (κ3) is 5.24. The molecule has 2 aromatic rings. The molecule has 1 atom stereocenters. The van der Waals surface area contributed by atoms with Gasteiger partial charge >= 0.3 is 12.4 Å². The maximum atomic E-state index is 12.8. The van der Waals surface area contributed by atoms with Gasteiger partial charge in [0.1, 0.15) is 0 Å². The van der Waals surface area contributed by atoms with Crippen molar-refractivity contribution in [2.45, 2.75) is 25.7 Å². The van der Waals surface area contributed by atoms with Gasteiger partial charge in [-0.05, 0) is 30.2 Å². The van der Waals surface area contributed by atoms with Crippen molar-refractivity contribution in [3.63, 3.8) is 0 Å². The first kappa shape index (κ1) is 19.8. The molecule has 0 radical (unpaired) electrons. The molecule has 0 spiro atoms. The van der Waals surface area contributed by atoms with E-state index >= 15 is 0 Å². The summed E-state index contributed by atoms with van der Waals surface area (Å²) < 4.78 is 77.0. The maximum Gasteiger partial charge on any atom is 0.416 e. The van der Waals surface area contributed by atoms with E-state index in [1.54, 1.807) is 37.3 Å². The molecule has 0 bridgehead atoms. The predicted octanol–water partition coefficient (Wildman–Crippen LogP) is 5.54. The summed E-state index contributed by atoms with van der Waals surface area (Å²) in [5.41, 5.74) is -2.66. The highest BCUT2D eigenvalue weighted by molar-refractivity contribution is 5.92. The monoisotopic (exact) mass is 375 g/mol. The van der Waals surface area contributed by atoms with Gasteiger partial charge in [0.2, 0.25) is 5.91 Å². The highest BCUT2D eigenvalue weighted by Gasteiger charge is 2.37. The molecule has 1 N–H and O–H groups in total. The normalized spacial score (nSPS) is 13.3. The minimum atomic E-state index is -4.96. The molecule has 1 amide bonds. The highest BCUT2D eigenvalue weighted by atomic mass is 19.4. The zero-order valence-electron chi connectivity index (χ0n) is 13.6. The Bertz CT molecular complexity index is 735. The molecule has 0 aliphatic rings. The maximum absolute atomic E-state index is 12.8. The minimum Gasteiger partial charge on any atom is -0.326 e. The van der Waals surface area contributed by atoms with E-state index in [4.69, 9.17) is 0 Å². The fraction of sp³-hybridized carbons (Fsp3) is 0.278. The largest absolute Gasteiger partial charge is 0.416 e. The van der Waals surface area contributed by atoms with Gasteiger partial charge in [0.05, 0.1) is 11.1 Å². The minimum absolute atomic E-state index is 0.0169. The molecule has 2 aromatic carbocycles. The number of benzene rings is 2. The van der Waals surface area contributed by atoms with Gasteiger partial charge in [-0.2, -0.15) is 26.3 Å². The van der Waals surface area contributed by atoms with Crippen LogP contribution in [0.3, 0.4) is 0 Å². The number of amides is 1. The fourth-order valence-electron chi connectivity index (χ4n) is 2.35. The molecule has 0 saturated heterocycles. The van der Waals surface area contributed by atoms with E-state index in [2.05, 4.69) is 5.32 Å². The summed E-state index contributed by atoms with van der Waals surface area (Å²) in [5, 5.41) is 2.15. The summed E-state index contributed by atoms with van der Waals surface area (Å²) in [6, 6.07) is 9.86. The number of anilines is 1. The molecule has 0 aliphatic heterocycles. The van der Waals surface area contributed by atoms with Crippen molar-refractivity contribution in [1.82, 2.24) is 0 Å². The topological polar surface area (TPSA) is 29.1 Å². The molecular weight excluding hydrogens is 360 g/mol. The Morgan fingerprint density at radius 2 is 1.42 bits per heavy atom. The first-order valence-corrected chi connectivity index (χ1v) is 7.61. The van der Waals surface area contributed by atoms with Crippen molar-refractivity contribution in [3.05, 3.63) is 65.2 Å². The van der Waals surface area contributed by atoms with Crippen molar-refractivity contribution < 1.29 is 31.1 Å². The zero-order valence-corrected chi connectivity index (χ0v) is 13.6. The number of hydrogen-bond acceptors (Lipinski definition) is 1. The van der Waals surface area contributed by atoms with Crippen LogP contribution in [-0.2, 0) is 23.6 Å². The smallest absolute Gasteiger partial charge is 0.326 e. The quantitative estimate of drug-likeness (QED) is 0.699. The molecule has 26 heavy (non-hydrogen) atoms. The van der Waals surface area contributed by atoms with Crippen molar-refractivity contribution >= 4 is 11.6 Å². The van der Waals surface area contributed by atoms with Gasteiger partial charge in [0, 0.05) is 11.6 Å². The average molecular weight is 375 g/mol. The number of hydrogen-bond donors (Lipinski definition) is 1. The van der Waals surface area contributed by atoms with Crippen LogP contribution in [0.2, 0.25) is 0 Å². The second kappa shape index (κ2) is 7.39. The first-order chi connectivity index (χ1) is 12.0. The first-order valence-electron chi connectivity index (χ1n) is 7.61. The van der Waals surface area contributed by atoms with Crippen LogP contribution in [0.25, 0.3) is 0 Å². The summed E-state index contributed by atoms with van der Waals surface area (Å²) in [6.45, 7) is 1.54. The summed E-state index contributed by atoms with van der Waals surface area (Å²) in [7, 11) is 0. The molecule has 0 saturated carbocycles. The van der Waals surface area contributed by atoms with E-state index in [9.17, 15) is 31.1 Å². The van der Waals surface area contributed by atoms with Crippen LogP contribution >= 0.6 is 0 Å². The van der Waals surface area contributed by atoms with Crippen LogP contribution in [0.4, 0.5) is 32.0 Å². The van der Waals surface area contributed by atoms with Gasteiger partial charge < -0.3 is 5.32 Å². The number of rotatable bonds is 4. The third-order valence-electron chi connectivity index (χ3n) is 3.69. The van der Waals surface area contributed by atoms with Crippen LogP contribution in [0.1, 0.15) is 23.6 Å². The van der Waals surface area contributed by atoms with Crippen molar-refractivity contribution in [1.29, 1.82) is 0 Å². The molecule has 2 rings (SSSR count). The lowest BCUT2D eigenvalue weighted by Crippen LogP contribution is -2.23. The number of alkyl halides is 6. The van der Waals surface area contributed by atoms with Crippen molar-refractivity contribution in [2.75, 3.05) is 5.32 Å². The van der Waals surface area contributed by atoms with Gasteiger partial charge in [-0.25, -0.2) is 0 Å². The summed E-state index contributed by atoms with van der Waals surface area (Å²) >= 11 is 0. The standard InChI is InChI=1S/C18H15F6NO/c1-11(7-12-5-3-2-4-6-12)16(26)25-15-9-13(17(19,20)21)8-14(10-15)18(22,23)24/h2-6,8-11H,7H2,1H3,(H,25,26). The molecule has 140 valence electrons. The Morgan fingerprint density at radius 1 is 0.923 bits per heavy atom. The van der Waals surface area contributed by atoms with Crippen LogP contribution < -0.4 is 5.32 Å². The number of carbonyl (C=O) groups excluding carboxylic acids is 1. The van der Waals surface area contributed by atoms with E-state index in [1.165, 1.54) is 0 Å². The van der Waals surface area contributed by atoms with Crippen LogP contribution in [-0.4, -0.2) is 5.91 Å². The molecule has 0 aromatic heterocycles. The van der Waals surface area contributed by atoms with E-state index < -0.39 is 41.0 Å². The molecule has 0 heterocycles. The van der Waals surface area contributed by atoms with E-state index in [1.807, 2.05) is 0 Å². The second-order valence-corrected chi connectivity index (χ2v) is 5.87. The molecular formula is C18H15F6NO. The molecule has 0 aliphatic carbocycles. The van der Waals surface area contributed by atoms with Crippen LogP contribution in [0, 0.1) is 5.92 Å². The molecule has 0 fully saturated rings. The lowest BCUT2D eigenvalue weighted by Gasteiger charge is -2.16. The second-order valence-electron chi connectivity index (χ2n) is 5.87. The lowest BCUT2D eigenvalue weighted by atomic mass is 10.00. The Balaban J connectivity index is 2.23. The number of carbonyl (C=O) groups is 1. The van der Waals surface area contributed by atoms with Gasteiger partial charge in [-0.1, -0.05) is 37.3 Å². The molecule has 2 nitrogen and oxygen atoms in total. The summed E-state index contributed by atoms with van der Waals surface area (Å²) in [4.78, 5) is 12.2. The van der Waals surface area contributed by atoms with Gasteiger partial charge in [-0.3, -0.25) is 4.79 Å². The summed E-state index contributed by atoms with van der Waals surface area (Å²) in [5.74, 6) is -1.30.